The molecule has 0 atom stereocenters. The van der Waals surface area contributed by atoms with Crippen molar-refractivity contribution in [2.75, 3.05) is 0 Å². The minimum absolute atomic E-state index is 0.130. The van der Waals surface area contributed by atoms with Crippen molar-refractivity contribution in [3.8, 4) is 6.07 Å². The summed E-state index contributed by atoms with van der Waals surface area (Å²) in [5.74, 6) is -0.765. The summed E-state index contributed by atoms with van der Waals surface area (Å²) in [5.41, 5.74) is -0.372. The van der Waals surface area contributed by atoms with Gasteiger partial charge in [0.15, 0.2) is 5.82 Å². The highest BCUT2D eigenvalue weighted by molar-refractivity contribution is 6.67. The van der Waals surface area contributed by atoms with Crippen molar-refractivity contribution in [2.45, 2.75) is 0 Å². The van der Waals surface area contributed by atoms with Crippen LogP contribution in [-0.4, -0.2) is 10.2 Å². The van der Waals surface area contributed by atoms with Crippen LogP contribution in [0, 0.1) is 17.1 Å². The molecule has 0 aromatic carbocycles. The van der Waals surface area contributed by atoms with E-state index in [0.717, 1.165) is 12.3 Å². The van der Waals surface area contributed by atoms with Gasteiger partial charge in [-0.3, -0.25) is 4.79 Å². The van der Waals surface area contributed by atoms with Crippen molar-refractivity contribution in [1.82, 2.24) is 4.98 Å². The van der Waals surface area contributed by atoms with E-state index in [4.69, 9.17) is 16.9 Å². The summed E-state index contributed by atoms with van der Waals surface area (Å²) < 4.78 is 12.6. The molecule has 0 bridgehead atoms. The van der Waals surface area contributed by atoms with Gasteiger partial charge in [0, 0.05) is 0 Å². The maximum atomic E-state index is 12.6. The lowest BCUT2D eigenvalue weighted by molar-refractivity contribution is 0.107. The molecule has 60 valence electrons. The Bertz CT molecular complexity index is 372. The van der Waals surface area contributed by atoms with Gasteiger partial charge in [-0.25, -0.2) is 9.37 Å². The van der Waals surface area contributed by atoms with Crippen molar-refractivity contribution in [2.24, 2.45) is 0 Å². The predicted molar refractivity (Wildman–Crippen MR) is 39.1 cm³/mol. The second kappa shape index (κ2) is 3.28. The maximum Gasteiger partial charge on any atom is 0.270 e. The van der Waals surface area contributed by atoms with E-state index in [9.17, 15) is 9.18 Å². The van der Waals surface area contributed by atoms with Crippen LogP contribution in [0.3, 0.4) is 0 Å². The number of carbonyl (C=O) groups is 1. The third kappa shape index (κ3) is 1.57. The zero-order valence-corrected chi connectivity index (χ0v) is 6.47. The molecule has 0 saturated heterocycles. The third-order valence-corrected chi connectivity index (χ3v) is 1.37. The summed E-state index contributed by atoms with van der Waals surface area (Å²) in [6, 6.07) is 2.57. The molecular weight excluding hydrogens is 183 g/mol. The first kappa shape index (κ1) is 8.62. The molecule has 1 rings (SSSR count). The summed E-state index contributed by atoms with van der Waals surface area (Å²) >= 11 is 5.05. The highest BCUT2D eigenvalue weighted by atomic mass is 35.5. The van der Waals surface area contributed by atoms with Crippen LogP contribution in [0.5, 0.6) is 0 Å². The normalized spacial score (nSPS) is 9.08. The van der Waals surface area contributed by atoms with Gasteiger partial charge in [-0.05, 0) is 17.7 Å². The van der Waals surface area contributed by atoms with Crippen molar-refractivity contribution in [3.05, 3.63) is 29.3 Å². The van der Waals surface area contributed by atoms with E-state index in [0.29, 0.717) is 0 Å². The highest BCUT2D eigenvalue weighted by Gasteiger charge is 2.07. The molecule has 0 spiro atoms. The van der Waals surface area contributed by atoms with Gasteiger partial charge in [0.2, 0.25) is 0 Å². The average molecular weight is 185 g/mol. The van der Waals surface area contributed by atoms with Crippen LogP contribution in [0.1, 0.15) is 16.1 Å². The Morgan fingerprint density at radius 1 is 1.75 bits per heavy atom. The Kier molecular flexibility index (Phi) is 2.36. The van der Waals surface area contributed by atoms with Gasteiger partial charge >= 0.3 is 0 Å². The molecule has 5 heteroatoms. The molecule has 0 radical (unpaired) electrons. The number of hydrogen-bond donors (Lipinski definition) is 0. The maximum absolute atomic E-state index is 12.6. The predicted octanol–water partition coefficient (Wildman–Crippen LogP) is 1.47. The molecule has 1 aromatic rings. The third-order valence-electron chi connectivity index (χ3n) is 1.18. The Balaban J connectivity index is 3.25. The number of carbonyl (C=O) groups excluding carboxylic acids is 1. The van der Waals surface area contributed by atoms with Crippen molar-refractivity contribution in [1.29, 1.82) is 5.26 Å². The summed E-state index contributed by atoms with van der Waals surface area (Å²) in [6.07, 6.45) is 0.786. The molecule has 0 N–H and O–H groups in total. The van der Waals surface area contributed by atoms with Crippen LogP contribution in [-0.2, 0) is 0 Å². The molecule has 0 fully saturated rings. The van der Waals surface area contributed by atoms with Crippen LogP contribution in [0.4, 0.5) is 4.39 Å². The zero-order chi connectivity index (χ0) is 9.14. The summed E-state index contributed by atoms with van der Waals surface area (Å²) in [4.78, 5) is 13.9. The molecule has 12 heavy (non-hydrogen) atoms. The first-order valence-corrected chi connectivity index (χ1v) is 3.28. The monoisotopic (exact) mass is 184 g/mol. The second-order valence-electron chi connectivity index (χ2n) is 1.93. The number of hydrogen-bond acceptors (Lipinski definition) is 3. The summed E-state index contributed by atoms with van der Waals surface area (Å²) in [6.45, 7) is 0. The van der Waals surface area contributed by atoms with Crippen molar-refractivity contribution >= 4 is 16.8 Å². The first-order chi connectivity index (χ1) is 5.65. The smallest absolute Gasteiger partial charge is 0.270 e. The zero-order valence-electron chi connectivity index (χ0n) is 5.71. The number of aromatic nitrogens is 1. The van der Waals surface area contributed by atoms with Gasteiger partial charge in [-0.15, -0.1) is 0 Å². The van der Waals surface area contributed by atoms with Crippen LogP contribution in [0.2, 0.25) is 0 Å². The minimum Gasteiger partial charge on any atom is -0.274 e. The Morgan fingerprint density at radius 2 is 2.42 bits per heavy atom. The number of halogens is 2. The molecular formula is C7H2ClFN2O. The fraction of sp³-hybridized carbons (Fsp3) is 0. The largest absolute Gasteiger partial charge is 0.274 e. The van der Waals surface area contributed by atoms with Crippen LogP contribution in [0.15, 0.2) is 12.3 Å². The topological polar surface area (TPSA) is 53.8 Å². The van der Waals surface area contributed by atoms with Gasteiger partial charge in [-0.1, -0.05) is 0 Å². The van der Waals surface area contributed by atoms with Gasteiger partial charge in [0.05, 0.1) is 11.8 Å². The molecule has 3 nitrogen and oxygen atoms in total. The summed E-state index contributed by atoms with van der Waals surface area (Å²) in [7, 11) is 0. The number of pyridine rings is 1. The molecule has 0 aliphatic rings. The Morgan fingerprint density at radius 3 is 2.92 bits per heavy atom. The summed E-state index contributed by atoms with van der Waals surface area (Å²) in [5, 5.41) is 7.54. The van der Waals surface area contributed by atoms with Gasteiger partial charge in [-0.2, -0.15) is 5.26 Å². The van der Waals surface area contributed by atoms with Crippen LogP contribution in [0.25, 0.3) is 0 Å². The lowest BCUT2D eigenvalue weighted by atomic mass is 10.2. The van der Waals surface area contributed by atoms with Gasteiger partial charge in [0.25, 0.3) is 5.24 Å². The SMILES string of the molecule is N#Cc1cc(C(=O)Cl)ncc1F. The lowest BCUT2D eigenvalue weighted by Gasteiger charge is -1.93. The molecule has 0 aliphatic carbocycles. The van der Waals surface area contributed by atoms with E-state index < -0.39 is 11.1 Å². The number of rotatable bonds is 1. The Labute approximate surface area is 72.4 Å². The average Bonchev–Trinajstić information content (AvgIpc) is 2.05. The molecule has 0 unspecified atom stereocenters. The van der Waals surface area contributed by atoms with E-state index >= 15 is 0 Å². The molecule has 0 saturated carbocycles. The van der Waals surface area contributed by atoms with E-state index in [1.165, 1.54) is 0 Å². The standard InChI is InChI=1S/C7H2ClFN2O/c8-7(12)6-1-4(2-10)5(9)3-11-6/h1,3H. The van der Waals surface area contributed by atoms with E-state index in [2.05, 4.69) is 4.98 Å². The fourth-order valence-electron chi connectivity index (χ4n) is 0.632. The van der Waals surface area contributed by atoms with Gasteiger partial charge in [0.1, 0.15) is 11.8 Å². The lowest BCUT2D eigenvalue weighted by Crippen LogP contribution is -1.96. The quantitative estimate of drug-likeness (QED) is 0.621. The van der Waals surface area contributed by atoms with Crippen LogP contribution >= 0.6 is 11.6 Å². The highest BCUT2D eigenvalue weighted by Crippen LogP contribution is 2.07. The van der Waals surface area contributed by atoms with Crippen molar-refractivity contribution in [3.63, 3.8) is 0 Å². The number of nitrogens with zero attached hydrogens (tertiary/aromatic N) is 2. The first-order valence-electron chi connectivity index (χ1n) is 2.90. The van der Waals surface area contributed by atoms with E-state index in [-0.39, 0.29) is 11.3 Å². The molecule has 1 heterocycles. The molecule has 0 aliphatic heterocycles. The number of nitriles is 1. The Hall–Kier alpha value is -1.47. The second-order valence-corrected chi connectivity index (χ2v) is 2.28. The van der Waals surface area contributed by atoms with Crippen LogP contribution < -0.4 is 0 Å². The van der Waals surface area contributed by atoms with Gasteiger partial charge < -0.3 is 0 Å². The molecule has 1 aromatic heterocycles. The minimum atomic E-state index is -0.813. The van der Waals surface area contributed by atoms with Crippen molar-refractivity contribution < 1.29 is 9.18 Å². The van der Waals surface area contributed by atoms with E-state index in [1.807, 2.05) is 0 Å². The fourth-order valence-corrected chi connectivity index (χ4v) is 0.735. The van der Waals surface area contributed by atoms with E-state index in [1.54, 1.807) is 6.07 Å². The molecule has 0 amide bonds.